The van der Waals surface area contributed by atoms with E-state index in [1.807, 2.05) is 6.92 Å². The number of rotatable bonds is 11. The lowest BCUT2D eigenvalue weighted by Gasteiger charge is -2.25. The Morgan fingerprint density at radius 2 is 1.86 bits per heavy atom. The number of imidazole rings is 1. The topological polar surface area (TPSA) is 121 Å². The molecule has 0 unspecified atom stereocenters. The van der Waals surface area contributed by atoms with Gasteiger partial charge in [0.1, 0.15) is 5.82 Å². The molecule has 2 N–H and O–H groups in total. The number of H-pyrrole nitrogens is 1. The zero-order valence-corrected chi connectivity index (χ0v) is 21.9. The van der Waals surface area contributed by atoms with Gasteiger partial charge >= 0.3 is 6.09 Å². The molecule has 2 amide bonds. The van der Waals surface area contributed by atoms with E-state index in [4.69, 9.17) is 4.74 Å². The molecule has 0 saturated carbocycles. The van der Waals surface area contributed by atoms with Crippen LogP contribution in [0.2, 0.25) is 0 Å². The molecular weight excluding hydrogens is 499 g/mol. The van der Waals surface area contributed by atoms with Crippen LogP contribution in [0, 0.1) is 5.82 Å². The molecule has 0 spiro atoms. The fourth-order valence-electron chi connectivity index (χ4n) is 4.61. The van der Waals surface area contributed by atoms with Crippen molar-refractivity contribution >= 4 is 38.7 Å². The highest BCUT2D eigenvalue weighted by Crippen LogP contribution is 2.39. The molecule has 1 aromatic heterocycles. The number of unbranched alkanes of at least 4 members (excludes halogenated alkanes) is 3. The smallest absolute Gasteiger partial charge is 0.418 e. The molecule has 1 aliphatic rings. The Balaban J connectivity index is 1.73. The summed E-state index contributed by atoms with van der Waals surface area (Å²) < 4.78 is 45.1. The van der Waals surface area contributed by atoms with Gasteiger partial charge in [0.05, 0.1) is 23.0 Å². The largest absolute Gasteiger partial charge is 0.424 e. The molecule has 1 fully saturated rings. The molecule has 3 aromatic rings. The number of amides is 2. The molecule has 1 saturated heterocycles. The van der Waals surface area contributed by atoms with Crippen LogP contribution < -0.4 is 4.72 Å². The number of ether oxygens (including phenoxy) is 1. The summed E-state index contributed by atoms with van der Waals surface area (Å²) in [5, 5.41) is 0. The Kier molecular flexibility index (Phi) is 7.54. The number of nitrogens with zero attached hydrogens (tertiary/aromatic N) is 2. The third kappa shape index (κ3) is 5.76. The fraction of sp³-hybridized carbons (Fsp3) is 0.423. The van der Waals surface area contributed by atoms with E-state index in [9.17, 15) is 22.4 Å². The van der Waals surface area contributed by atoms with E-state index in [-0.39, 0.29) is 18.3 Å². The number of halogens is 1. The first-order valence-corrected chi connectivity index (χ1v) is 14.2. The van der Waals surface area contributed by atoms with Gasteiger partial charge in [0.2, 0.25) is 10.0 Å². The van der Waals surface area contributed by atoms with Crippen molar-refractivity contribution in [2.24, 2.45) is 0 Å². The van der Waals surface area contributed by atoms with Crippen LogP contribution in [0.25, 0.3) is 11.0 Å². The number of anilines is 1. The van der Waals surface area contributed by atoms with Crippen LogP contribution in [-0.4, -0.2) is 47.6 Å². The number of imide groups is 1. The second-order valence-corrected chi connectivity index (χ2v) is 11.3. The van der Waals surface area contributed by atoms with Crippen molar-refractivity contribution in [3.63, 3.8) is 0 Å². The van der Waals surface area contributed by atoms with Gasteiger partial charge in [0.25, 0.3) is 11.5 Å². The average Bonchev–Trinajstić information content (AvgIpc) is 3.36. The number of nitrogens with one attached hydrogen (secondary N) is 2. The minimum Gasteiger partial charge on any atom is -0.424 e. The van der Waals surface area contributed by atoms with Crippen molar-refractivity contribution in [2.45, 2.75) is 64.0 Å². The van der Waals surface area contributed by atoms with Gasteiger partial charge in [-0.25, -0.2) is 27.5 Å². The first-order chi connectivity index (χ1) is 17.5. The number of carbonyl (C=O) groups is 2. The maximum absolute atomic E-state index is 13.9. The van der Waals surface area contributed by atoms with Crippen LogP contribution in [0.1, 0.15) is 57.3 Å². The first kappa shape index (κ1) is 26.6. The van der Waals surface area contributed by atoms with E-state index < -0.39 is 33.4 Å². The Labute approximate surface area is 215 Å². The lowest BCUT2D eigenvalue weighted by molar-refractivity contribution is -0.139. The highest BCUT2D eigenvalue weighted by atomic mass is 32.2. The molecule has 2 aromatic carbocycles. The molecule has 4 rings (SSSR count). The normalized spacial score (nSPS) is 18.9. The van der Waals surface area contributed by atoms with Crippen LogP contribution in [0.15, 0.2) is 42.5 Å². The number of hydrogen-bond donors (Lipinski definition) is 2. The summed E-state index contributed by atoms with van der Waals surface area (Å²) >= 11 is 0. The van der Waals surface area contributed by atoms with Gasteiger partial charge in [-0.15, -0.1) is 0 Å². The third-order valence-electron chi connectivity index (χ3n) is 6.47. The summed E-state index contributed by atoms with van der Waals surface area (Å²) in [6, 6.07) is 9.95. The highest BCUT2D eigenvalue weighted by molar-refractivity contribution is 7.92. The van der Waals surface area contributed by atoms with Crippen LogP contribution >= 0.6 is 0 Å². The Bertz CT molecular complexity index is 1410. The van der Waals surface area contributed by atoms with Crippen molar-refractivity contribution in [3.8, 4) is 0 Å². The van der Waals surface area contributed by atoms with Crippen molar-refractivity contribution in [1.29, 1.82) is 0 Å². The van der Waals surface area contributed by atoms with Crippen LogP contribution in [0.3, 0.4) is 0 Å². The number of aromatic amines is 1. The summed E-state index contributed by atoms with van der Waals surface area (Å²) in [5.41, 5.74) is 0.0324. The minimum atomic E-state index is -3.50. The van der Waals surface area contributed by atoms with Gasteiger partial charge in [0.15, 0.2) is 5.82 Å². The second kappa shape index (κ2) is 10.5. The zero-order chi connectivity index (χ0) is 26.8. The van der Waals surface area contributed by atoms with E-state index in [1.54, 1.807) is 18.2 Å². The van der Waals surface area contributed by atoms with E-state index >= 15 is 0 Å². The number of cyclic esters (lactones) is 1. The molecule has 9 nitrogen and oxygen atoms in total. The lowest BCUT2D eigenvalue weighted by Crippen LogP contribution is -2.44. The van der Waals surface area contributed by atoms with Crippen LogP contribution in [0.4, 0.5) is 14.9 Å². The average molecular weight is 531 g/mol. The molecule has 2 heterocycles. The first-order valence-electron chi connectivity index (χ1n) is 12.3. The van der Waals surface area contributed by atoms with E-state index in [2.05, 4.69) is 21.6 Å². The molecular formula is C26H31FN4O5S. The molecule has 37 heavy (non-hydrogen) atoms. The van der Waals surface area contributed by atoms with Crippen molar-refractivity contribution in [2.75, 3.05) is 11.0 Å². The summed E-state index contributed by atoms with van der Waals surface area (Å²) in [5.74, 6) is -0.856. The maximum atomic E-state index is 13.9. The Hall–Kier alpha value is -3.47. The SMILES string of the molecule is CCCCCC[C@@H](C)N1C(=O)O[C@](Cc2ccc(F)cc2)(c2nc3ccc(NS(C)(=O)=O)cc3[nH]2)C1=O. The summed E-state index contributed by atoms with van der Waals surface area (Å²) in [6.07, 6.45) is 4.92. The maximum Gasteiger partial charge on any atom is 0.418 e. The van der Waals surface area contributed by atoms with Crippen LogP contribution in [0.5, 0.6) is 0 Å². The summed E-state index contributed by atoms with van der Waals surface area (Å²) in [4.78, 5) is 35.8. The summed E-state index contributed by atoms with van der Waals surface area (Å²) in [7, 11) is -3.50. The molecule has 0 bridgehead atoms. The molecule has 198 valence electrons. The number of carbonyl (C=O) groups excluding carboxylic acids is 2. The fourth-order valence-corrected chi connectivity index (χ4v) is 5.16. The molecule has 0 aliphatic carbocycles. The van der Waals surface area contributed by atoms with Gasteiger partial charge in [-0.05, 0) is 49.2 Å². The Morgan fingerprint density at radius 1 is 1.14 bits per heavy atom. The molecule has 0 radical (unpaired) electrons. The van der Waals surface area contributed by atoms with E-state index in [0.29, 0.717) is 28.7 Å². The number of hydrogen-bond acceptors (Lipinski definition) is 6. The minimum absolute atomic E-state index is 0.0504. The lowest BCUT2D eigenvalue weighted by atomic mass is 9.92. The predicted molar refractivity (Wildman–Crippen MR) is 138 cm³/mol. The molecule has 11 heteroatoms. The van der Waals surface area contributed by atoms with Gasteiger partial charge in [-0.2, -0.15) is 0 Å². The highest BCUT2D eigenvalue weighted by Gasteiger charge is 2.58. The van der Waals surface area contributed by atoms with E-state index in [0.717, 1.165) is 36.8 Å². The number of sulfonamides is 1. The third-order valence-corrected chi connectivity index (χ3v) is 7.08. The standard InChI is InChI=1S/C26H31FN4O5S/c1-4-5-6-7-8-17(2)31-24(32)26(36-25(31)33,16-18-9-11-19(27)12-10-18)23-28-21-14-13-20(15-22(21)29-23)30-37(3,34)35/h9-15,17,30H,4-8,16H2,1-3H3,(H,28,29)/t17-,26-/m1/s1. The van der Waals surface area contributed by atoms with Gasteiger partial charge in [0, 0.05) is 12.5 Å². The van der Waals surface area contributed by atoms with Gasteiger partial charge in [-0.3, -0.25) is 9.52 Å². The molecule has 2 atom stereocenters. The quantitative estimate of drug-likeness (QED) is 0.342. The van der Waals surface area contributed by atoms with E-state index in [1.165, 1.54) is 24.3 Å². The number of benzene rings is 2. The van der Waals surface area contributed by atoms with Crippen molar-refractivity contribution in [3.05, 3.63) is 59.7 Å². The molecule has 1 aliphatic heterocycles. The predicted octanol–water partition coefficient (Wildman–Crippen LogP) is 4.85. The monoisotopic (exact) mass is 530 g/mol. The zero-order valence-electron chi connectivity index (χ0n) is 21.1. The van der Waals surface area contributed by atoms with Crippen molar-refractivity contribution < 1.29 is 27.1 Å². The van der Waals surface area contributed by atoms with Crippen molar-refractivity contribution in [1.82, 2.24) is 14.9 Å². The van der Waals surface area contributed by atoms with Gasteiger partial charge in [-0.1, -0.05) is 44.7 Å². The number of aromatic nitrogens is 2. The van der Waals surface area contributed by atoms with Crippen LogP contribution in [-0.2, 0) is 31.6 Å². The second-order valence-electron chi connectivity index (χ2n) is 9.56. The summed E-state index contributed by atoms with van der Waals surface area (Å²) in [6.45, 7) is 3.93. The Morgan fingerprint density at radius 3 is 2.54 bits per heavy atom. The number of fused-ring (bicyclic) bond motifs is 1. The van der Waals surface area contributed by atoms with Gasteiger partial charge < -0.3 is 9.72 Å².